The highest BCUT2D eigenvalue weighted by Crippen LogP contribution is 2.03. The number of nitrogens with two attached hydrogens (primary N) is 1. The summed E-state index contributed by atoms with van der Waals surface area (Å²) in [7, 11) is 0. The lowest BCUT2D eigenvalue weighted by atomic mass is 10.1. The van der Waals surface area contributed by atoms with Crippen molar-refractivity contribution in [3.63, 3.8) is 0 Å². The Morgan fingerprint density at radius 3 is 2.54 bits per heavy atom. The number of carbonyl (C=O) groups is 2. The molecule has 0 aromatic heterocycles. The zero-order valence-corrected chi connectivity index (χ0v) is 8.19. The number of urea groups is 1. The maximum atomic E-state index is 11.0. The molecule has 0 bridgehead atoms. The number of amides is 3. The van der Waals surface area contributed by atoms with Gasteiger partial charge in [-0.25, -0.2) is 4.79 Å². The molecule has 1 fully saturated rings. The van der Waals surface area contributed by atoms with Gasteiger partial charge in [-0.05, 0) is 6.42 Å². The summed E-state index contributed by atoms with van der Waals surface area (Å²) in [6.07, 6.45) is 1.64. The Hall–Kier alpha value is -0.810. The highest BCUT2D eigenvalue weighted by Gasteiger charge is 2.33. The molecule has 2 atom stereocenters. The molecule has 0 aromatic rings. The number of hydrogen-bond donors (Lipinski definition) is 3. The predicted octanol–water partition coefficient (Wildman–Crippen LogP) is -0.256. The molecule has 0 radical (unpaired) electrons. The van der Waals surface area contributed by atoms with Crippen molar-refractivity contribution >= 4 is 24.3 Å². The van der Waals surface area contributed by atoms with Gasteiger partial charge in [0.1, 0.15) is 6.04 Å². The highest BCUT2D eigenvalue weighted by atomic mass is 35.5. The number of halogens is 1. The first-order valence-corrected chi connectivity index (χ1v) is 4.02. The highest BCUT2D eigenvalue weighted by molar-refractivity contribution is 6.04. The molecule has 0 spiro atoms. The summed E-state index contributed by atoms with van der Waals surface area (Å²) in [6, 6.07) is -1.27. The zero-order valence-electron chi connectivity index (χ0n) is 7.37. The van der Waals surface area contributed by atoms with Crippen LogP contribution in [-0.2, 0) is 4.79 Å². The third kappa shape index (κ3) is 2.86. The van der Waals surface area contributed by atoms with Crippen LogP contribution in [0.25, 0.3) is 0 Å². The van der Waals surface area contributed by atoms with Gasteiger partial charge in [0.05, 0.1) is 0 Å². The van der Waals surface area contributed by atoms with Crippen molar-refractivity contribution in [3.8, 4) is 0 Å². The molecule has 0 saturated carbocycles. The van der Waals surface area contributed by atoms with E-state index in [2.05, 4.69) is 10.6 Å². The second-order valence-electron chi connectivity index (χ2n) is 2.89. The summed E-state index contributed by atoms with van der Waals surface area (Å²) < 4.78 is 0. The molecule has 1 aliphatic rings. The molecular weight excluding hydrogens is 194 g/mol. The van der Waals surface area contributed by atoms with Gasteiger partial charge in [-0.1, -0.05) is 13.3 Å². The molecular formula is C7H14ClN3O2. The lowest BCUT2D eigenvalue weighted by Gasteiger charge is -2.14. The molecule has 1 heterocycles. The van der Waals surface area contributed by atoms with E-state index in [1.165, 1.54) is 0 Å². The minimum Gasteiger partial charge on any atom is -0.325 e. The SMILES string of the molecule is CCCC(N)C1NC(=O)NC1=O.Cl. The third-order valence-electron chi connectivity index (χ3n) is 1.86. The van der Waals surface area contributed by atoms with Crippen molar-refractivity contribution in [3.05, 3.63) is 0 Å². The Morgan fingerprint density at radius 2 is 2.15 bits per heavy atom. The van der Waals surface area contributed by atoms with E-state index in [4.69, 9.17) is 5.73 Å². The van der Waals surface area contributed by atoms with E-state index < -0.39 is 12.1 Å². The second kappa shape index (κ2) is 5.04. The van der Waals surface area contributed by atoms with Gasteiger partial charge in [0.25, 0.3) is 5.91 Å². The summed E-state index contributed by atoms with van der Waals surface area (Å²) in [5, 5.41) is 4.60. The summed E-state index contributed by atoms with van der Waals surface area (Å²) in [6.45, 7) is 1.98. The average Bonchev–Trinajstić information content (AvgIpc) is 2.30. The maximum Gasteiger partial charge on any atom is 0.322 e. The molecule has 3 amide bonds. The van der Waals surface area contributed by atoms with Crippen molar-refractivity contribution in [2.45, 2.75) is 31.8 Å². The van der Waals surface area contributed by atoms with Crippen LogP contribution in [0, 0.1) is 0 Å². The van der Waals surface area contributed by atoms with E-state index in [0.717, 1.165) is 12.8 Å². The molecule has 0 aliphatic carbocycles. The molecule has 2 unspecified atom stereocenters. The standard InChI is InChI=1S/C7H13N3O2.ClH/c1-2-3-4(8)5-6(11)10-7(12)9-5;/h4-5H,2-3,8H2,1H3,(H2,9,10,11,12);1H. The molecule has 1 aliphatic heterocycles. The van der Waals surface area contributed by atoms with Gasteiger partial charge in [-0.3, -0.25) is 10.1 Å². The van der Waals surface area contributed by atoms with Crippen LogP contribution < -0.4 is 16.4 Å². The van der Waals surface area contributed by atoms with E-state index in [9.17, 15) is 9.59 Å². The quantitative estimate of drug-likeness (QED) is 0.558. The van der Waals surface area contributed by atoms with Gasteiger partial charge < -0.3 is 11.1 Å². The lowest BCUT2D eigenvalue weighted by molar-refractivity contribution is -0.120. The van der Waals surface area contributed by atoms with Crippen LogP contribution in [0.5, 0.6) is 0 Å². The molecule has 1 rings (SSSR count). The second-order valence-corrected chi connectivity index (χ2v) is 2.89. The summed E-state index contributed by atoms with van der Waals surface area (Å²) in [5.74, 6) is -0.319. The first-order valence-electron chi connectivity index (χ1n) is 4.02. The van der Waals surface area contributed by atoms with Crippen molar-refractivity contribution in [1.82, 2.24) is 10.6 Å². The van der Waals surface area contributed by atoms with Crippen LogP contribution in [-0.4, -0.2) is 24.0 Å². The van der Waals surface area contributed by atoms with Gasteiger partial charge in [-0.2, -0.15) is 0 Å². The topological polar surface area (TPSA) is 84.2 Å². The van der Waals surface area contributed by atoms with Crippen LogP contribution in [0.4, 0.5) is 4.79 Å². The summed E-state index contributed by atoms with van der Waals surface area (Å²) >= 11 is 0. The molecule has 4 N–H and O–H groups in total. The van der Waals surface area contributed by atoms with Crippen LogP contribution >= 0.6 is 12.4 Å². The number of rotatable bonds is 3. The molecule has 1 saturated heterocycles. The first kappa shape index (κ1) is 12.2. The Kier molecular flexibility index (Phi) is 4.72. The van der Waals surface area contributed by atoms with E-state index >= 15 is 0 Å². The van der Waals surface area contributed by atoms with E-state index in [1.54, 1.807) is 0 Å². The van der Waals surface area contributed by atoms with Crippen molar-refractivity contribution in [2.75, 3.05) is 0 Å². The predicted molar refractivity (Wildman–Crippen MR) is 50.6 cm³/mol. The van der Waals surface area contributed by atoms with Gasteiger partial charge in [0, 0.05) is 6.04 Å². The largest absolute Gasteiger partial charge is 0.325 e. The van der Waals surface area contributed by atoms with E-state index in [0.29, 0.717) is 0 Å². The van der Waals surface area contributed by atoms with Gasteiger partial charge in [0.2, 0.25) is 0 Å². The lowest BCUT2D eigenvalue weighted by Crippen LogP contribution is -2.46. The fourth-order valence-corrected chi connectivity index (χ4v) is 1.23. The molecule has 13 heavy (non-hydrogen) atoms. The summed E-state index contributed by atoms with van der Waals surface area (Å²) in [5.41, 5.74) is 5.67. The molecule has 6 heteroatoms. The monoisotopic (exact) mass is 207 g/mol. The van der Waals surface area contributed by atoms with E-state index in [-0.39, 0.29) is 24.4 Å². The van der Waals surface area contributed by atoms with Crippen molar-refractivity contribution in [1.29, 1.82) is 0 Å². The first-order chi connectivity index (χ1) is 5.65. The van der Waals surface area contributed by atoms with Gasteiger partial charge in [0.15, 0.2) is 0 Å². The maximum absolute atomic E-state index is 11.0. The number of hydrogen-bond acceptors (Lipinski definition) is 3. The Morgan fingerprint density at radius 1 is 1.54 bits per heavy atom. The van der Waals surface area contributed by atoms with Crippen LogP contribution in [0.2, 0.25) is 0 Å². The fourth-order valence-electron chi connectivity index (χ4n) is 1.23. The smallest absolute Gasteiger partial charge is 0.322 e. The van der Waals surface area contributed by atoms with Crippen molar-refractivity contribution < 1.29 is 9.59 Å². The Balaban J connectivity index is 0.00000144. The normalized spacial score (nSPS) is 23.1. The zero-order chi connectivity index (χ0) is 9.14. The average molecular weight is 208 g/mol. The number of carbonyl (C=O) groups excluding carboxylic acids is 2. The summed E-state index contributed by atoms with van der Waals surface area (Å²) in [4.78, 5) is 21.7. The minimum absolute atomic E-state index is 0. The van der Waals surface area contributed by atoms with Crippen LogP contribution in [0.3, 0.4) is 0 Å². The fraction of sp³-hybridized carbons (Fsp3) is 0.714. The molecule has 0 aromatic carbocycles. The van der Waals surface area contributed by atoms with E-state index in [1.807, 2.05) is 6.92 Å². The van der Waals surface area contributed by atoms with Crippen LogP contribution in [0.15, 0.2) is 0 Å². The Labute approximate surface area is 82.8 Å². The molecule has 5 nitrogen and oxygen atoms in total. The molecule has 76 valence electrons. The Bertz CT molecular complexity index is 210. The van der Waals surface area contributed by atoms with Crippen LogP contribution in [0.1, 0.15) is 19.8 Å². The van der Waals surface area contributed by atoms with Gasteiger partial charge >= 0.3 is 6.03 Å². The third-order valence-corrected chi connectivity index (χ3v) is 1.86. The minimum atomic E-state index is -0.544. The van der Waals surface area contributed by atoms with Crippen molar-refractivity contribution in [2.24, 2.45) is 5.73 Å². The number of nitrogens with one attached hydrogen (secondary N) is 2. The number of imide groups is 1. The van der Waals surface area contributed by atoms with Gasteiger partial charge in [-0.15, -0.1) is 12.4 Å².